The zero-order chi connectivity index (χ0) is 14.8. The van der Waals surface area contributed by atoms with Crippen molar-refractivity contribution in [2.45, 2.75) is 24.3 Å². The highest BCUT2D eigenvalue weighted by Gasteiger charge is 2.13. The minimum atomic E-state index is -3.79. The molecule has 0 bridgehead atoms. The molecule has 0 amide bonds. The first kappa shape index (κ1) is 14.4. The van der Waals surface area contributed by atoms with E-state index in [1.165, 1.54) is 6.07 Å². The number of rotatable bonds is 5. The van der Waals surface area contributed by atoms with Gasteiger partial charge in [0.1, 0.15) is 10.7 Å². The third-order valence-corrected chi connectivity index (χ3v) is 3.80. The number of hydrogen-bond donors (Lipinski definition) is 3. The highest BCUT2D eigenvalue weighted by atomic mass is 32.2. The number of nitrogens with one attached hydrogen (secondary N) is 1. The molecule has 0 aliphatic rings. The van der Waals surface area contributed by atoms with Gasteiger partial charge in [-0.2, -0.15) is 0 Å². The van der Waals surface area contributed by atoms with Crippen LogP contribution in [0.5, 0.6) is 0 Å². The summed E-state index contributed by atoms with van der Waals surface area (Å²) in [6, 6.07) is 8.43. The SMILES string of the molecule is CC(Cc1ccco1)Nc1ccc(S(N)(=O)=O)c(N)c1. The number of benzene rings is 1. The molecule has 1 heterocycles. The molecule has 1 aromatic heterocycles. The predicted molar refractivity (Wildman–Crippen MR) is 77.7 cm³/mol. The maximum absolute atomic E-state index is 11.3. The van der Waals surface area contributed by atoms with Crippen molar-refractivity contribution in [2.75, 3.05) is 11.1 Å². The fourth-order valence-electron chi connectivity index (χ4n) is 1.96. The fourth-order valence-corrected chi connectivity index (χ4v) is 2.61. The number of nitrogens with two attached hydrogens (primary N) is 2. The first-order valence-electron chi connectivity index (χ1n) is 6.07. The highest BCUT2D eigenvalue weighted by molar-refractivity contribution is 7.89. The smallest absolute Gasteiger partial charge is 0.240 e. The summed E-state index contributed by atoms with van der Waals surface area (Å²) >= 11 is 0. The quantitative estimate of drug-likeness (QED) is 0.725. The molecule has 0 aliphatic heterocycles. The van der Waals surface area contributed by atoms with E-state index >= 15 is 0 Å². The van der Waals surface area contributed by atoms with Crippen molar-refractivity contribution in [3.8, 4) is 0 Å². The van der Waals surface area contributed by atoms with Crippen LogP contribution in [0.3, 0.4) is 0 Å². The van der Waals surface area contributed by atoms with Crippen molar-refractivity contribution >= 4 is 21.4 Å². The molecular weight excluding hydrogens is 278 g/mol. The van der Waals surface area contributed by atoms with Crippen molar-refractivity contribution in [2.24, 2.45) is 5.14 Å². The summed E-state index contributed by atoms with van der Waals surface area (Å²) in [6.45, 7) is 1.99. The average molecular weight is 295 g/mol. The average Bonchev–Trinajstić information content (AvgIpc) is 2.79. The molecule has 2 rings (SSSR count). The normalized spacial score (nSPS) is 13.1. The Morgan fingerprint density at radius 3 is 2.65 bits per heavy atom. The fraction of sp³-hybridized carbons (Fsp3) is 0.231. The number of primary sulfonamides is 1. The molecule has 1 unspecified atom stereocenters. The van der Waals surface area contributed by atoms with Crippen molar-refractivity contribution in [3.63, 3.8) is 0 Å². The number of nitrogen functional groups attached to an aromatic ring is 1. The highest BCUT2D eigenvalue weighted by Crippen LogP contribution is 2.22. The lowest BCUT2D eigenvalue weighted by molar-refractivity contribution is 0.498. The van der Waals surface area contributed by atoms with Crippen LogP contribution in [-0.2, 0) is 16.4 Å². The van der Waals surface area contributed by atoms with Crippen LogP contribution in [0.25, 0.3) is 0 Å². The number of sulfonamides is 1. The van der Waals surface area contributed by atoms with Crippen LogP contribution < -0.4 is 16.2 Å². The van der Waals surface area contributed by atoms with E-state index in [0.29, 0.717) is 6.42 Å². The van der Waals surface area contributed by atoms with Gasteiger partial charge in [-0.3, -0.25) is 0 Å². The van der Waals surface area contributed by atoms with Crippen LogP contribution in [0.1, 0.15) is 12.7 Å². The van der Waals surface area contributed by atoms with E-state index in [-0.39, 0.29) is 16.6 Å². The Bertz CT molecular complexity index is 681. The van der Waals surface area contributed by atoms with Crippen LogP contribution >= 0.6 is 0 Å². The zero-order valence-electron chi connectivity index (χ0n) is 11.0. The Labute approximate surface area is 117 Å². The van der Waals surface area contributed by atoms with Gasteiger partial charge in [-0.25, -0.2) is 13.6 Å². The Kier molecular flexibility index (Phi) is 4.01. The topological polar surface area (TPSA) is 111 Å². The molecule has 108 valence electrons. The first-order valence-corrected chi connectivity index (χ1v) is 7.62. The van der Waals surface area contributed by atoms with Gasteiger partial charge >= 0.3 is 0 Å². The van der Waals surface area contributed by atoms with Crippen LogP contribution in [0, 0.1) is 0 Å². The van der Waals surface area contributed by atoms with E-state index in [2.05, 4.69) is 5.32 Å². The molecule has 1 aromatic carbocycles. The first-order chi connectivity index (χ1) is 9.36. The van der Waals surface area contributed by atoms with E-state index in [1.807, 2.05) is 19.1 Å². The summed E-state index contributed by atoms with van der Waals surface area (Å²) in [6.07, 6.45) is 2.34. The second-order valence-electron chi connectivity index (χ2n) is 4.63. The molecule has 20 heavy (non-hydrogen) atoms. The van der Waals surface area contributed by atoms with Gasteiger partial charge in [-0.05, 0) is 37.3 Å². The summed E-state index contributed by atoms with van der Waals surface area (Å²) in [5.74, 6) is 0.874. The van der Waals surface area contributed by atoms with Gasteiger partial charge in [0.2, 0.25) is 10.0 Å². The number of anilines is 2. The van der Waals surface area contributed by atoms with Crippen molar-refractivity contribution in [1.82, 2.24) is 0 Å². The Hall–Kier alpha value is -1.99. The summed E-state index contributed by atoms with van der Waals surface area (Å²) in [5.41, 5.74) is 6.56. The van der Waals surface area contributed by atoms with E-state index in [4.69, 9.17) is 15.3 Å². The van der Waals surface area contributed by atoms with Gasteiger partial charge < -0.3 is 15.5 Å². The molecule has 0 spiro atoms. The molecule has 7 heteroatoms. The molecule has 0 saturated carbocycles. The number of hydrogen-bond acceptors (Lipinski definition) is 5. The molecule has 0 radical (unpaired) electrons. The lowest BCUT2D eigenvalue weighted by atomic mass is 10.2. The van der Waals surface area contributed by atoms with Gasteiger partial charge in [-0.15, -0.1) is 0 Å². The third-order valence-electron chi connectivity index (χ3n) is 2.82. The Morgan fingerprint density at radius 1 is 1.35 bits per heavy atom. The van der Waals surface area contributed by atoms with Gasteiger partial charge in [0.25, 0.3) is 0 Å². The minimum absolute atomic E-state index is 0.0678. The zero-order valence-corrected chi connectivity index (χ0v) is 11.9. The monoisotopic (exact) mass is 295 g/mol. The Balaban J connectivity index is 2.09. The lowest BCUT2D eigenvalue weighted by Gasteiger charge is -2.15. The van der Waals surface area contributed by atoms with E-state index in [9.17, 15) is 8.42 Å². The summed E-state index contributed by atoms with van der Waals surface area (Å²) in [7, 11) is -3.79. The summed E-state index contributed by atoms with van der Waals surface area (Å²) in [5, 5.41) is 8.28. The molecule has 0 saturated heterocycles. The van der Waals surface area contributed by atoms with Crippen molar-refractivity contribution in [3.05, 3.63) is 42.4 Å². The summed E-state index contributed by atoms with van der Waals surface area (Å²) < 4.78 is 27.8. The largest absolute Gasteiger partial charge is 0.469 e. The van der Waals surface area contributed by atoms with E-state index in [0.717, 1.165) is 11.4 Å². The maximum Gasteiger partial charge on any atom is 0.240 e. The van der Waals surface area contributed by atoms with Crippen LogP contribution in [0.2, 0.25) is 0 Å². The van der Waals surface area contributed by atoms with E-state index in [1.54, 1.807) is 18.4 Å². The summed E-state index contributed by atoms with van der Waals surface area (Å²) in [4.78, 5) is -0.0678. The predicted octanol–water partition coefficient (Wildman–Crippen LogP) is 1.55. The van der Waals surface area contributed by atoms with Crippen molar-refractivity contribution < 1.29 is 12.8 Å². The maximum atomic E-state index is 11.3. The molecule has 0 aliphatic carbocycles. The lowest BCUT2D eigenvalue weighted by Crippen LogP contribution is -2.18. The van der Waals surface area contributed by atoms with Crippen LogP contribution in [0.15, 0.2) is 45.9 Å². The molecule has 5 N–H and O–H groups in total. The molecule has 6 nitrogen and oxygen atoms in total. The Morgan fingerprint density at radius 2 is 2.10 bits per heavy atom. The van der Waals surface area contributed by atoms with Crippen molar-refractivity contribution in [1.29, 1.82) is 0 Å². The van der Waals surface area contributed by atoms with Crippen LogP contribution in [-0.4, -0.2) is 14.5 Å². The second kappa shape index (κ2) is 5.56. The van der Waals surface area contributed by atoms with Crippen LogP contribution in [0.4, 0.5) is 11.4 Å². The van der Waals surface area contributed by atoms with Gasteiger partial charge in [0.05, 0.1) is 12.0 Å². The second-order valence-corrected chi connectivity index (χ2v) is 6.16. The minimum Gasteiger partial charge on any atom is -0.469 e. The third kappa shape index (κ3) is 3.52. The van der Waals surface area contributed by atoms with Gasteiger partial charge in [0, 0.05) is 18.2 Å². The van der Waals surface area contributed by atoms with Gasteiger partial charge in [0.15, 0.2) is 0 Å². The molecule has 0 fully saturated rings. The molecule has 2 aromatic rings. The standard InChI is InChI=1S/C13H17N3O3S/c1-9(7-11-3-2-6-19-11)16-10-4-5-13(12(14)8-10)20(15,17)18/h2-6,8-9,16H,7,14H2,1H3,(H2,15,17,18). The number of furan rings is 1. The van der Waals surface area contributed by atoms with E-state index < -0.39 is 10.0 Å². The molecular formula is C13H17N3O3S. The molecule has 1 atom stereocenters. The van der Waals surface area contributed by atoms with Gasteiger partial charge in [-0.1, -0.05) is 0 Å².